The first-order chi connectivity index (χ1) is 9.36. The maximum Gasteiger partial charge on any atom is 0.129 e. The number of hydrogen-bond acceptors (Lipinski definition) is 4. The lowest BCUT2D eigenvalue weighted by Crippen LogP contribution is -2.26. The summed E-state index contributed by atoms with van der Waals surface area (Å²) in [4.78, 5) is 7.22. The number of nitrogens with zero attached hydrogens (tertiary/aromatic N) is 2. The molecule has 2 aromatic heterocycles. The number of pyridine rings is 1. The van der Waals surface area contributed by atoms with E-state index in [9.17, 15) is 0 Å². The van der Waals surface area contributed by atoms with Crippen molar-refractivity contribution in [1.82, 2.24) is 10.3 Å². The molecule has 3 rings (SSSR count). The Balaban J connectivity index is 1.81. The summed E-state index contributed by atoms with van der Waals surface area (Å²) < 4.78 is 0. The topological polar surface area (TPSA) is 28.2 Å². The molecule has 0 spiro atoms. The van der Waals surface area contributed by atoms with E-state index in [1.54, 1.807) is 11.3 Å². The van der Waals surface area contributed by atoms with Gasteiger partial charge in [0, 0.05) is 19.1 Å². The lowest BCUT2D eigenvalue weighted by Gasteiger charge is -2.23. The van der Waals surface area contributed by atoms with E-state index in [4.69, 9.17) is 4.98 Å². The highest BCUT2D eigenvalue weighted by Crippen LogP contribution is 2.32. The zero-order valence-corrected chi connectivity index (χ0v) is 12.0. The first-order valence-electron chi connectivity index (χ1n) is 6.75. The lowest BCUT2D eigenvalue weighted by molar-refractivity contribution is 0.754. The monoisotopic (exact) mass is 273 g/mol. The molecule has 0 aromatic carbocycles. The molecule has 1 aliphatic rings. The Morgan fingerprint density at radius 1 is 1.37 bits per heavy atom. The summed E-state index contributed by atoms with van der Waals surface area (Å²) in [6.07, 6.45) is 2.59. The van der Waals surface area contributed by atoms with Crippen molar-refractivity contribution in [3.8, 4) is 0 Å². The third kappa shape index (κ3) is 3.14. The smallest absolute Gasteiger partial charge is 0.129 e. The van der Waals surface area contributed by atoms with Crippen molar-refractivity contribution in [2.45, 2.75) is 32.0 Å². The molecule has 100 valence electrons. The van der Waals surface area contributed by atoms with Gasteiger partial charge in [-0.25, -0.2) is 4.98 Å². The molecule has 0 atom stereocenters. The normalized spacial score (nSPS) is 14.6. The molecule has 1 aliphatic carbocycles. The molecular weight excluding hydrogens is 254 g/mol. The number of thiophene rings is 1. The van der Waals surface area contributed by atoms with Gasteiger partial charge in [-0.2, -0.15) is 11.3 Å². The van der Waals surface area contributed by atoms with Crippen molar-refractivity contribution in [2.24, 2.45) is 0 Å². The van der Waals surface area contributed by atoms with E-state index in [-0.39, 0.29) is 0 Å². The molecule has 3 nitrogen and oxygen atoms in total. The van der Waals surface area contributed by atoms with Crippen LogP contribution in [-0.2, 0) is 13.1 Å². The van der Waals surface area contributed by atoms with Gasteiger partial charge in [0.25, 0.3) is 0 Å². The van der Waals surface area contributed by atoms with Gasteiger partial charge in [-0.3, -0.25) is 0 Å². The Morgan fingerprint density at radius 2 is 2.26 bits per heavy atom. The van der Waals surface area contributed by atoms with Gasteiger partial charge >= 0.3 is 0 Å². The first-order valence-corrected chi connectivity index (χ1v) is 7.69. The minimum Gasteiger partial charge on any atom is -0.349 e. The van der Waals surface area contributed by atoms with E-state index in [0.717, 1.165) is 24.6 Å². The molecule has 2 aromatic rings. The lowest BCUT2D eigenvalue weighted by atomic mass is 10.2. The van der Waals surface area contributed by atoms with Gasteiger partial charge in [0.15, 0.2) is 0 Å². The summed E-state index contributed by atoms with van der Waals surface area (Å²) in [7, 11) is 1.96. The summed E-state index contributed by atoms with van der Waals surface area (Å²) in [5, 5.41) is 7.53. The summed E-state index contributed by atoms with van der Waals surface area (Å²) in [6, 6.07) is 9.20. The molecule has 0 aliphatic heterocycles. The second-order valence-corrected chi connectivity index (χ2v) is 5.79. The average Bonchev–Trinajstić information content (AvgIpc) is 3.14. The quantitative estimate of drug-likeness (QED) is 0.877. The van der Waals surface area contributed by atoms with Gasteiger partial charge in [0.05, 0.1) is 5.69 Å². The van der Waals surface area contributed by atoms with E-state index < -0.39 is 0 Å². The largest absolute Gasteiger partial charge is 0.349 e. The Morgan fingerprint density at radius 3 is 2.95 bits per heavy atom. The zero-order valence-electron chi connectivity index (χ0n) is 11.2. The average molecular weight is 273 g/mol. The third-order valence-electron chi connectivity index (χ3n) is 3.36. The van der Waals surface area contributed by atoms with Gasteiger partial charge in [0.2, 0.25) is 0 Å². The molecule has 19 heavy (non-hydrogen) atoms. The fourth-order valence-electron chi connectivity index (χ4n) is 2.27. The van der Waals surface area contributed by atoms with E-state index in [1.807, 2.05) is 7.05 Å². The highest BCUT2D eigenvalue weighted by molar-refractivity contribution is 7.07. The molecule has 1 N–H and O–H groups in total. The Bertz CT molecular complexity index is 520. The van der Waals surface area contributed by atoms with Gasteiger partial charge in [-0.1, -0.05) is 6.07 Å². The van der Waals surface area contributed by atoms with Crippen LogP contribution in [-0.4, -0.2) is 18.1 Å². The molecule has 0 unspecified atom stereocenters. The van der Waals surface area contributed by atoms with Crippen LogP contribution in [0.25, 0.3) is 0 Å². The van der Waals surface area contributed by atoms with E-state index >= 15 is 0 Å². The van der Waals surface area contributed by atoms with Crippen LogP contribution in [0.5, 0.6) is 0 Å². The number of hydrogen-bond donors (Lipinski definition) is 1. The summed E-state index contributed by atoms with van der Waals surface area (Å²) >= 11 is 1.76. The van der Waals surface area contributed by atoms with Crippen molar-refractivity contribution in [1.29, 1.82) is 0 Å². The van der Waals surface area contributed by atoms with Crippen LogP contribution < -0.4 is 10.2 Å². The zero-order chi connectivity index (χ0) is 13.1. The van der Waals surface area contributed by atoms with Crippen LogP contribution in [0, 0.1) is 0 Å². The highest BCUT2D eigenvalue weighted by atomic mass is 32.1. The Labute approximate surface area is 118 Å². The van der Waals surface area contributed by atoms with Crippen molar-refractivity contribution < 1.29 is 0 Å². The van der Waals surface area contributed by atoms with E-state index in [2.05, 4.69) is 45.2 Å². The van der Waals surface area contributed by atoms with Gasteiger partial charge < -0.3 is 10.2 Å². The number of rotatable bonds is 6. The summed E-state index contributed by atoms with van der Waals surface area (Å²) in [5.74, 6) is 1.11. The van der Waals surface area contributed by atoms with Gasteiger partial charge in [0.1, 0.15) is 5.82 Å². The third-order valence-corrected chi connectivity index (χ3v) is 4.10. The van der Waals surface area contributed by atoms with Crippen molar-refractivity contribution in [3.05, 3.63) is 46.3 Å². The van der Waals surface area contributed by atoms with Crippen LogP contribution in [0.3, 0.4) is 0 Å². The first kappa shape index (κ1) is 12.6. The fourth-order valence-corrected chi connectivity index (χ4v) is 2.93. The van der Waals surface area contributed by atoms with Gasteiger partial charge in [-0.15, -0.1) is 0 Å². The minimum atomic E-state index is 0.678. The molecule has 2 heterocycles. The van der Waals surface area contributed by atoms with Crippen LogP contribution in [0.15, 0.2) is 35.0 Å². The molecule has 4 heteroatoms. The predicted molar refractivity (Wildman–Crippen MR) is 80.5 cm³/mol. The summed E-state index contributed by atoms with van der Waals surface area (Å²) in [5.41, 5.74) is 2.49. The molecule has 0 amide bonds. The second-order valence-electron chi connectivity index (χ2n) is 5.01. The van der Waals surface area contributed by atoms with E-state index in [1.165, 1.54) is 18.4 Å². The van der Waals surface area contributed by atoms with Crippen LogP contribution >= 0.6 is 11.3 Å². The Kier molecular flexibility index (Phi) is 3.80. The highest BCUT2D eigenvalue weighted by Gasteiger charge is 2.30. The van der Waals surface area contributed by atoms with Crippen molar-refractivity contribution in [3.63, 3.8) is 0 Å². The van der Waals surface area contributed by atoms with Crippen LogP contribution in [0.1, 0.15) is 24.1 Å². The maximum atomic E-state index is 4.77. The van der Waals surface area contributed by atoms with E-state index in [0.29, 0.717) is 6.04 Å². The molecular formula is C15H19N3S. The molecule has 0 saturated heterocycles. The maximum absolute atomic E-state index is 4.77. The summed E-state index contributed by atoms with van der Waals surface area (Å²) in [6.45, 7) is 1.80. The Hall–Kier alpha value is -1.39. The minimum absolute atomic E-state index is 0.678. The number of anilines is 1. The SMILES string of the molecule is CNCc1cccc(N(Cc2ccsc2)C2CC2)n1. The van der Waals surface area contributed by atoms with Crippen LogP contribution in [0.2, 0.25) is 0 Å². The predicted octanol–water partition coefficient (Wildman–Crippen LogP) is 3.03. The van der Waals surface area contributed by atoms with Crippen molar-refractivity contribution >= 4 is 17.2 Å². The number of aromatic nitrogens is 1. The molecule has 0 radical (unpaired) electrons. The van der Waals surface area contributed by atoms with Crippen LogP contribution in [0.4, 0.5) is 5.82 Å². The van der Waals surface area contributed by atoms with Crippen molar-refractivity contribution in [2.75, 3.05) is 11.9 Å². The van der Waals surface area contributed by atoms with Gasteiger partial charge in [-0.05, 0) is 54.4 Å². The molecule has 1 fully saturated rings. The number of nitrogens with one attached hydrogen (secondary N) is 1. The fraction of sp³-hybridized carbons (Fsp3) is 0.400. The second kappa shape index (κ2) is 5.72. The molecule has 0 bridgehead atoms. The molecule has 1 saturated carbocycles. The standard InChI is InChI=1S/C15H19N3S/c1-16-9-13-3-2-4-15(17-13)18(14-5-6-14)10-12-7-8-19-11-12/h2-4,7-8,11,14,16H,5-6,9-10H2,1H3.